The van der Waals surface area contributed by atoms with Crippen LogP contribution >= 0.6 is 0 Å². The van der Waals surface area contributed by atoms with E-state index in [-0.39, 0.29) is 6.09 Å². The highest BCUT2D eigenvalue weighted by Crippen LogP contribution is 2.13. The molecule has 0 bridgehead atoms. The highest BCUT2D eigenvalue weighted by molar-refractivity contribution is 5.67. The van der Waals surface area contributed by atoms with E-state index < -0.39 is 5.60 Å². The molecule has 0 radical (unpaired) electrons. The van der Waals surface area contributed by atoms with E-state index >= 15 is 0 Å². The Morgan fingerprint density at radius 2 is 2.09 bits per heavy atom. The maximum absolute atomic E-state index is 11.7. The Morgan fingerprint density at radius 1 is 1.41 bits per heavy atom. The van der Waals surface area contributed by atoms with E-state index in [9.17, 15) is 4.79 Å². The van der Waals surface area contributed by atoms with Gasteiger partial charge in [0.2, 0.25) is 0 Å². The summed E-state index contributed by atoms with van der Waals surface area (Å²) in [5.41, 5.74) is 5.48. The van der Waals surface area contributed by atoms with E-state index in [4.69, 9.17) is 10.5 Å². The van der Waals surface area contributed by atoms with Gasteiger partial charge in [-0.05, 0) is 40.7 Å². The van der Waals surface area contributed by atoms with Crippen LogP contribution in [0.4, 0.5) is 4.79 Å². The molecular weight excluding hydrogens is 280 g/mol. The number of ether oxygens (including phenoxy) is 1. The van der Waals surface area contributed by atoms with Gasteiger partial charge >= 0.3 is 6.09 Å². The van der Waals surface area contributed by atoms with Crippen molar-refractivity contribution in [2.24, 2.45) is 5.73 Å². The Labute approximate surface area is 135 Å². The van der Waals surface area contributed by atoms with Crippen LogP contribution in [0, 0.1) is 0 Å². The number of carbonyl (C=O) groups excluding carboxylic acids is 1. The van der Waals surface area contributed by atoms with Crippen LogP contribution in [0.5, 0.6) is 0 Å². The van der Waals surface area contributed by atoms with Crippen molar-refractivity contribution in [3.05, 3.63) is 0 Å². The fraction of sp³-hybridized carbons (Fsp3) is 0.938. The topological polar surface area (TPSA) is 70.8 Å². The lowest BCUT2D eigenvalue weighted by atomic mass is 10.1. The number of likely N-dealkylation sites (N-methyl/N-ethyl adjacent to an activating group) is 1. The van der Waals surface area contributed by atoms with E-state index in [1.54, 1.807) is 0 Å². The predicted octanol–water partition coefficient (Wildman–Crippen LogP) is 1.25. The second-order valence-corrected chi connectivity index (χ2v) is 7.08. The average molecular weight is 314 g/mol. The smallest absolute Gasteiger partial charge is 0.407 e. The molecule has 3 N–H and O–H groups in total. The Hall–Kier alpha value is -0.850. The quantitative estimate of drug-likeness (QED) is 0.772. The van der Waals surface area contributed by atoms with Crippen LogP contribution in [0.3, 0.4) is 0 Å². The monoisotopic (exact) mass is 314 g/mol. The van der Waals surface area contributed by atoms with Crippen LogP contribution in [0.25, 0.3) is 0 Å². The molecule has 1 aliphatic heterocycles. The number of piperazine rings is 1. The van der Waals surface area contributed by atoms with Gasteiger partial charge in [0.1, 0.15) is 5.60 Å². The highest BCUT2D eigenvalue weighted by Gasteiger charge is 2.26. The van der Waals surface area contributed by atoms with Crippen LogP contribution in [0.2, 0.25) is 0 Å². The van der Waals surface area contributed by atoms with E-state index in [1.165, 1.54) is 0 Å². The third-order valence-corrected chi connectivity index (χ3v) is 4.14. The van der Waals surface area contributed by atoms with Crippen LogP contribution in [-0.4, -0.2) is 72.8 Å². The van der Waals surface area contributed by atoms with E-state index in [2.05, 4.69) is 29.0 Å². The van der Waals surface area contributed by atoms with Crippen LogP contribution in [0.15, 0.2) is 0 Å². The molecule has 2 unspecified atom stereocenters. The lowest BCUT2D eigenvalue weighted by molar-refractivity contribution is 0.0483. The largest absolute Gasteiger partial charge is 0.444 e. The van der Waals surface area contributed by atoms with Gasteiger partial charge in [0, 0.05) is 44.8 Å². The van der Waals surface area contributed by atoms with Gasteiger partial charge in [0.15, 0.2) is 0 Å². The minimum absolute atomic E-state index is 0.316. The van der Waals surface area contributed by atoms with Crippen molar-refractivity contribution in [2.75, 3.05) is 39.3 Å². The van der Waals surface area contributed by atoms with Crippen LogP contribution < -0.4 is 11.1 Å². The third-order valence-electron chi connectivity index (χ3n) is 4.14. The lowest BCUT2D eigenvalue weighted by Crippen LogP contribution is -2.56. The fourth-order valence-electron chi connectivity index (χ4n) is 2.93. The summed E-state index contributed by atoms with van der Waals surface area (Å²) in [6.07, 6.45) is 0.502. The van der Waals surface area contributed by atoms with Crippen molar-refractivity contribution in [1.82, 2.24) is 15.1 Å². The van der Waals surface area contributed by atoms with Crippen molar-refractivity contribution in [2.45, 2.75) is 58.7 Å². The van der Waals surface area contributed by atoms with E-state index in [0.717, 1.165) is 32.6 Å². The number of amides is 1. The zero-order valence-electron chi connectivity index (χ0n) is 14.9. The molecule has 6 nitrogen and oxygen atoms in total. The molecule has 6 heteroatoms. The van der Waals surface area contributed by atoms with Crippen molar-refractivity contribution < 1.29 is 9.53 Å². The summed E-state index contributed by atoms with van der Waals surface area (Å²) >= 11 is 0. The van der Waals surface area contributed by atoms with Gasteiger partial charge in [-0.15, -0.1) is 0 Å². The normalized spacial score (nSPS) is 22.4. The summed E-state index contributed by atoms with van der Waals surface area (Å²) in [5, 5.41) is 2.82. The first kappa shape index (κ1) is 19.2. The third kappa shape index (κ3) is 6.50. The molecule has 1 rings (SSSR count). The van der Waals surface area contributed by atoms with Gasteiger partial charge in [-0.1, -0.05) is 6.92 Å². The number of carbonyl (C=O) groups is 1. The molecule has 0 aromatic rings. The van der Waals surface area contributed by atoms with E-state index in [1.807, 2.05) is 20.8 Å². The molecule has 0 aromatic carbocycles. The lowest BCUT2D eigenvalue weighted by Gasteiger charge is -2.42. The van der Waals surface area contributed by atoms with Gasteiger partial charge in [0.05, 0.1) is 0 Å². The van der Waals surface area contributed by atoms with Crippen LogP contribution in [0.1, 0.15) is 41.0 Å². The summed E-state index contributed by atoms with van der Waals surface area (Å²) in [6.45, 7) is 15.6. The number of nitrogens with two attached hydrogens (primary N) is 1. The second-order valence-electron chi connectivity index (χ2n) is 7.08. The Kier molecular flexibility index (Phi) is 7.59. The molecule has 1 saturated heterocycles. The number of nitrogens with one attached hydrogen (secondary N) is 1. The standard InChI is InChI=1S/C16H34N4O2/c1-6-19-9-10-20(12-13(19)2)14(11-17)7-8-18-15(21)22-16(3,4)5/h13-14H,6-12,17H2,1-5H3,(H,18,21). The number of alkyl carbamates (subject to hydrolysis) is 1. The molecule has 130 valence electrons. The number of hydrogen-bond acceptors (Lipinski definition) is 5. The second kappa shape index (κ2) is 8.70. The number of nitrogens with zero attached hydrogens (tertiary/aromatic N) is 2. The molecule has 1 amide bonds. The van der Waals surface area contributed by atoms with Crippen molar-refractivity contribution in [3.63, 3.8) is 0 Å². The first-order chi connectivity index (χ1) is 10.3. The minimum atomic E-state index is -0.455. The molecule has 0 saturated carbocycles. The molecule has 2 atom stereocenters. The zero-order valence-corrected chi connectivity index (χ0v) is 14.9. The summed E-state index contributed by atoms with van der Waals surface area (Å²) < 4.78 is 5.24. The number of rotatable bonds is 6. The molecule has 1 aliphatic rings. The van der Waals surface area contributed by atoms with Crippen LogP contribution in [-0.2, 0) is 4.74 Å². The molecule has 1 heterocycles. The molecular formula is C16H34N4O2. The molecule has 22 heavy (non-hydrogen) atoms. The van der Waals surface area contributed by atoms with Gasteiger partial charge in [-0.25, -0.2) is 4.79 Å². The molecule has 1 fully saturated rings. The van der Waals surface area contributed by atoms with Gasteiger partial charge in [0.25, 0.3) is 0 Å². The first-order valence-electron chi connectivity index (χ1n) is 8.41. The van der Waals surface area contributed by atoms with Gasteiger partial charge in [-0.3, -0.25) is 9.80 Å². The van der Waals surface area contributed by atoms with Gasteiger partial charge < -0.3 is 15.8 Å². The average Bonchev–Trinajstić information content (AvgIpc) is 2.41. The maximum atomic E-state index is 11.7. The van der Waals surface area contributed by atoms with Crippen molar-refractivity contribution in [1.29, 1.82) is 0 Å². The maximum Gasteiger partial charge on any atom is 0.407 e. The van der Waals surface area contributed by atoms with Crippen molar-refractivity contribution >= 4 is 6.09 Å². The molecule has 0 aliphatic carbocycles. The zero-order chi connectivity index (χ0) is 16.8. The SMILES string of the molecule is CCN1CCN(C(CN)CCNC(=O)OC(C)(C)C)CC1C. The van der Waals surface area contributed by atoms with Crippen molar-refractivity contribution in [3.8, 4) is 0 Å². The Morgan fingerprint density at radius 3 is 2.59 bits per heavy atom. The molecule has 0 spiro atoms. The molecule has 0 aromatic heterocycles. The van der Waals surface area contributed by atoms with E-state index in [0.29, 0.717) is 25.2 Å². The highest BCUT2D eigenvalue weighted by atomic mass is 16.6. The Balaban J connectivity index is 2.35. The first-order valence-corrected chi connectivity index (χ1v) is 8.41. The minimum Gasteiger partial charge on any atom is -0.444 e. The van der Waals surface area contributed by atoms with Gasteiger partial charge in [-0.2, -0.15) is 0 Å². The summed E-state index contributed by atoms with van der Waals surface area (Å²) in [4.78, 5) is 16.6. The fourth-order valence-corrected chi connectivity index (χ4v) is 2.93. The Bertz CT molecular complexity index is 344. The summed E-state index contributed by atoms with van der Waals surface area (Å²) in [7, 11) is 0. The summed E-state index contributed by atoms with van der Waals surface area (Å²) in [5.74, 6) is 0. The summed E-state index contributed by atoms with van der Waals surface area (Å²) in [6, 6.07) is 0.878. The number of hydrogen-bond donors (Lipinski definition) is 2. The predicted molar refractivity (Wildman–Crippen MR) is 90.0 cm³/mol.